The molecule has 2 unspecified atom stereocenters. The van der Waals surface area contributed by atoms with E-state index in [1.54, 1.807) is 0 Å². The largest absolute Gasteiger partial charge is 0.396 e. The Kier molecular flexibility index (Phi) is 10.1. The molecule has 0 bridgehead atoms. The van der Waals surface area contributed by atoms with Crippen LogP contribution in [0.15, 0.2) is 4.99 Å². The van der Waals surface area contributed by atoms with E-state index < -0.39 is 0 Å². The lowest BCUT2D eigenvalue weighted by Gasteiger charge is -2.39. The summed E-state index contributed by atoms with van der Waals surface area (Å²) in [6.45, 7) is 13.6. The van der Waals surface area contributed by atoms with Crippen molar-refractivity contribution in [3.63, 3.8) is 0 Å². The molecular weight excluding hydrogens is 354 g/mol. The number of carbonyl (C=O) groups is 1. The molecule has 2 N–H and O–H groups in total. The minimum absolute atomic E-state index is 0.0294. The smallest absolute Gasteiger partial charge is 0.239 e. The predicted octanol–water partition coefficient (Wildman–Crippen LogP) is 1.38. The number of aliphatic hydroxyl groups is 1. The Bertz CT molecular complexity index is 479. The number of hydrogen-bond donors (Lipinski definition) is 2. The van der Waals surface area contributed by atoms with E-state index in [1.807, 2.05) is 4.90 Å². The highest BCUT2D eigenvalue weighted by atomic mass is 16.3. The lowest BCUT2D eigenvalue weighted by molar-refractivity contribution is -0.135. The normalized spacial score (nSPS) is 21.1. The summed E-state index contributed by atoms with van der Waals surface area (Å²) in [4.78, 5) is 24.2. The van der Waals surface area contributed by atoms with Crippen molar-refractivity contribution in [3.05, 3.63) is 0 Å². The molecule has 0 aromatic heterocycles. The van der Waals surface area contributed by atoms with Crippen molar-refractivity contribution in [2.45, 2.75) is 58.9 Å². The number of amides is 1. The third kappa shape index (κ3) is 6.62. The molecule has 0 aromatic rings. The highest BCUT2D eigenvalue weighted by molar-refractivity contribution is 5.82. The standard InChI is InChI=1S/C21H41N5O2/c1-4-8-19(9-16-27)17-23-21(22-5-2)26-14-12-24(13-15-26)18(3)20(28)25-10-6-7-11-25/h18-19,27H,4-17H2,1-3H3,(H,22,23). The third-order valence-electron chi connectivity index (χ3n) is 6.01. The predicted molar refractivity (Wildman–Crippen MR) is 115 cm³/mol. The van der Waals surface area contributed by atoms with E-state index in [4.69, 9.17) is 4.99 Å². The number of aliphatic imine (C=N–C) groups is 1. The molecule has 2 aliphatic heterocycles. The van der Waals surface area contributed by atoms with Gasteiger partial charge in [0.15, 0.2) is 5.96 Å². The summed E-state index contributed by atoms with van der Waals surface area (Å²) in [5.74, 6) is 1.71. The Labute approximate surface area is 171 Å². The first-order valence-corrected chi connectivity index (χ1v) is 11.3. The number of nitrogens with one attached hydrogen (secondary N) is 1. The van der Waals surface area contributed by atoms with Crippen LogP contribution in [0.2, 0.25) is 0 Å². The van der Waals surface area contributed by atoms with Gasteiger partial charge in [-0.2, -0.15) is 0 Å². The average Bonchev–Trinajstić information content (AvgIpc) is 3.25. The van der Waals surface area contributed by atoms with E-state index in [0.29, 0.717) is 5.92 Å². The Morgan fingerprint density at radius 2 is 1.71 bits per heavy atom. The molecule has 7 heteroatoms. The molecule has 0 spiro atoms. The summed E-state index contributed by atoms with van der Waals surface area (Å²) in [5.41, 5.74) is 0. The fraction of sp³-hybridized carbons (Fsp3) is 0.905. The van der Waals surface area contributed by atoms with Crippen LogP contribution in [0.3, 0.4) is 0 Å². The minimum Gasteiger partial charge on any atom is -0.396 e. The van der Waals surface area contributed by atoms with E-state index in [0.717, 1.165) is 90.4 Å². The van der Waals surface area contributed by atoms with Crippen molar-refractivity contribution in [1.29, 1.82) is 0 Å². The van der Waals surface area contributed by atoms with Crippen molar-refractivity contribution >= 4 is 11.9 Å². The summed E-state index contributed by atoms with van der Waals surface area (Å²) < 4.78 is 0. The maximum atomic E-state index is 12.7. The van der Waals surface area contributed by atoms with Crippen LogP contribution < -0.4 is 5.32 Å². The van der Waals surface area contributed by atoms with Gasteiger partial charge in [-0.25, -0.2) is 0 Å². The van der Waals surface area contributed by atoms with E-state index >= 15 is 0 Å². The van der Waals surface area contributed by atoms with E-state index in [2.05, 4.69) is 35.9 Å². The minimum atomic E-state index is -0.0294. The number of rotatable bonds is 9. The number of piperazine rings is 1. The fourth-order valence-corrected chi connectivity index (χ4v) is 4.24. The summed E-state index contributed by atoms with van der Waals surface area (Å²) in [7, 11) is 0. The maximum absolute atomic E-state index is 12.7. The number of carbonyl (C=O) groups excluding carboxylic acids is 1. The first-order chi connectivity index (χ1) is 13.6. The molecular formula is C21H41N5O2. The second-order valence-electron chi connectivity index (χ2n) is 8.09. The summed E-state index contributed by atoms with van der Waals surface area (Å²) in [5, 5.41) is 12.7. The highest BCUT2D eigenvalue weighted by Gasteiger charge is 2.30. The van der Waals surface area contributed by atoms with Crippen LogP contribution in [-0.4, -0.2) is 96.7 Å². The number of nitrogens with zero attached hydrogens (tertiary/aromatic N) is 4. The molecule has 0 aromatic carbocycles. The van der Waals surface area contributed by atoms with Gasteiger partial charge < -0.3 is 20.2 Å². The average molecular weight is 396 g/mol. The molecule has 7 nitrogen and oxygen atoms in total. The monoisotopic (exact) mass is 395 g/mol. The van der Waals surface area contributed by atoms with Crippen LogP contribution in [0.1, 0.15) is 52.9 Å². The van der Waals surface area contributed by atoms with Gasteiger partial charge in [-0.05, 0) is 45.4 Å². The first kappa shape index (κ1) is 22.9. The second-order valence-corrected chi connectivity index (χ2v) is 8.09. The van der Waals surface area contributed by atoms with Crippen molar-refractivity contribution in [1.82, 2.24) is 20.0 Å². The Balaban J connectivity index is 1.88. The number of aliphatic hydroxyl groups excluding tert-OH is 1. The first-order valence-electron chi connectivity index (χ1n) is 11.3. The molecule has 2 saturated heterocycles. The number of likely N-dealkylation sites (tertiary alicyclic amines) is 1. The molecule has 0 radical (unpaired) electrons. The number of guanidine groups is 1. The molecule has 162 valence electrons. The Hall–Kier alpha value is -1.34. The summed E-state index contributed by atoms with van der Waals surface area (Å²) in [6.07, 6.45) is 5.33. The Morgan fingerprint density at radius 1 is 1.04 bits per heavy atom. The van der Waals surface area contributed by atoms with Gasteiger partial charge in [0.25, 0.3) is 0 Å². The molecule has 2 atom stereocenters. The lowest BCUT2D eigenvalue weighted by atomic mass is 10.0. The molecule has 2 aliphatic rings. The topological polar surface area (TPSA) is 71.4 Å². The molecule has 0 saturated carbocycles. The van der Waals surface area contributed by atoms with Gasteiger partial charge >= 0.3 is 0 Å². The van der Waals surface area contributed by atoms with Gasteiger partial charge in [-0.3, -0.25) is 14.7 Å². The van der Waals surface area contributed by atoms with Crippen LogP contribution in [0.4, 0.5) is 0 Å². The van der Waals surface area contributed by atoms with Gasteiger partial charge in [0.05, 0.1) is 6.04 Å². The van der Waals surface area contributed by atoms with Crippen molar-refractivity contribution in [2.24, 2.45) is 10.9 Å². The van der Waals surface area contributed by atoms with E-state index in [9.17, 15) is 9.90 Å². The van der Waals surface area contributed by atoms with Gasteiger partial charge in [-0.1, -0.05) is 13.3 Å². The molecule has 2 fully saturated rings. The maximum Gasteiger partial charge on any atom is 0.239 e. The van der Waals surface area contributed by atoms with Gasteiger partial charge in [-0.15, -0.1) is 0 Å². The van der Waals surface area contributed by atoms with Crippen molar-refractivity contribution in [3.8, 4) is 0 Å². The quantitative estimate of drug-likeness (QED) is 0.456. The SMILES string of the molecule is CCCC(CCO)CN=C(NCC)N1CCN(C(C)C(=O)N2CCCC2)CC1. The molecule has 0 aliphatic carbocycles. The zero-order valence-corrected chi connectivity index (χ0v) is 18.2. The number of hydrogen-bond acceptors (Lipinski definition) is 4. The molecule has 1 amide bonds. The van der Waals surface area contributed by atoms with Crippen LogP contribution >= 0.6 is 0 Å². The van der Waals surface area contributed by atoms with E-state index in [-0.39, 0.29) is 18.6 Å². The summed E-state index contributed by atoms with van der Waals surface area (Å²) in [6, 6.07) is -0.0294. The van der Waals surface area contributed by atoms with Crippen molar-refractivity contribution < 1.29 is 9.90 Å². The van der Waals surface area contributed by atoms with Crippen LogP contribution in [0, 0.1) is 5.92 Å². The van der Waals surface area contributed by atoms with Crippen LogP contribution in [0.5, 0.6) is 0 Å². The molecule has 2 rings (SSSR count). The zero-order chi connectivity index (χ0) is 20.4. The van der Waals surface area contributed by atoms with Crippen LogP contribution in [0.25, 0.3) is 0 Å². The fourth-order valence-electron chi connectivity index (χ4n) is 4.24. The van der Waals surface area contributed by atoms with Gasteiger partial charge in [0.2, 0.25) is 5.91 Å². The zero-order valence-electron chi connectivity index (χ0n) is 18.2. The second kappa shape index (κ2) is 12.3. The van der Waals surface area contributed by atoms with Gasteiger partial charge in [0, 0.05) is 59.0 Å². The molecule has 2 heterocycles. The Morgan fingerprint density at radius 3 is 2.29 bits per heavy atom. The highest BCUT2D eigenvalue weighted by Crippen LogP contribution is 2.15. The van der Waals surface area contributed by atoms with Crippen LogP contribution in [-0.2, 0) is 4.79 Å². The van der Waals surface area contributed by atoms with Gasteiger partial charge in [0.1, 0.15) is 0 Å². The van der Waals surface area contributed by atoms with E-state index in [1.165, 1.54) is 0 Å². The molecule has 28 heavy (non-hydrogen) atoms. The lowest BCUT2D eigenvalue weighted by Crippen LogP contribution is -2.57. The summed E-state index contributed by atoms with van der Waals surface area (Å²) >= 11 is 0. The van der Waals surface area contributed by atoms with Crippen molar-refractivity contribution in [2.75, 3.05) is 59.0 Å². The third-order valence-corrected chi connectivity index (χ3v) is 6.01.